The van der Waals surface area contributed by atoms with Crippen molar-refractivity contribution < 1.29 is 13.9 Å². The molecular formula is C10H12O3. The van der Waals surface area contributed by atoms with Crippen LogP contribution in [-0.4, -0.2) is 19.0 Å². The van der Waals surface area contributed by atoms with Crippen LogP contribution in [0, 0.1) is 0 Å². The topological polar surface area (TPSA) is 39.4 Å². The van der Waals surface area contributed by atoms with Gasteiger partial charge in [0.1, 0.15) is 11.5 Å². The van der Waals surface area contributed by atoms with Crippen molar-refractivity contribution in [2.75, 3.05) is 13.2 Å². The number of hydrogen-bond donors (Lipinski definition) is 0. The largest absolute Gasteiger partial charge is 0.469 e. The minimum atomic E-state index is -0.171. The molecule has 70 valence electrons. The average Bonchev–Trinajstić information content (AvgIpc) is 2.48. The van der Waals surface area contributed by atoms with Gasteiger partial charge in [-0.05, 0) is 19.1 Å². The van der Waals surface area contributed by atoms with Gasteiger partial charge in [0.25, 0.3) is 0 Å². The minimum Gasteiger partial charge on any atom is -0.469 e. The number of Topliss-reactive ketones (excluding diaryl/α,β-unsaturated/α-hetero) is 1. The zero-order valence-electron chi connectivity index (χ0n) is 7.58. The van der Waals surface area contributed by atoms with Gasteiger partial charge < -0.3 is 9.15 Å². The summed E-state index contributed by atoms with van der Waals surface area (Å²) in [6, 6.07) is 3.75. The van der Waals surface area contributed by atoms with Crippen LogP contribution < -0.4 is 0 Å². The monoisotopic (exact) mass is 180 g/mol. The quantitative estimate of drug-likeness (QED) is 0.708. The molecule has 1 fully saturated rings. The van der Waals surface area contributed by atoms with Crippen molar-refractivity contribution in [2.24, 2.45) is 0 Å². The highest BCUT2D eigenvalue weighted by atomic mass is 16.5. The third kappa shape index (κ3) is 1.40. The van der Waals surface area contributed by atoms with Gasteiger partial charge in [-0.3, -0.25) is 4.79 Å². The van der Waals surface area contributed by atoms with Crippen molar-refractivity contribution in [3.05, 3.63) is 24.2 Å². The van der Waals surface area contributed by atoms with Crippen LogP contribution in [0.5, 0.6) is 0 Å². The maximum Gasteiger partial charge on any atom is 0.131 e. The predicted molar refractivity (Wildman–Crippen MR) is 46.5 cm³/mol. The first-order valence-corrected chi connectivity index (χ1v) is 4.34. The molecule has 0 aromatic carbocycles. The molecule has 3 nitrogen and oxygen atoms in total. The molecule has 0 bridgehead atoms. The summed E-state index contributed by atoms with van der Waals surface area (Å²) in [5.41, 5.74) is -0.171. The first kappa shape index (κ1) is 8.51. The van der Waals surface area contributed by atoms with Crippen LogP contribution in [0.4, 0.5) is 0 Å². The molecule has 0 aliphatic carbocycles. The second-order valence-corrected chi connectivity index (χ2v) is 3.63. The van der Waals surface area contributed by atoms with Crippen molar-refractivity contribution >= 4 is 5.78 Å². The lowest BCUT2D eigenvalue weighted by molar-refractivity contribution is -0.126. The van der Waals surface area contributed by atoms with E-state index >= 15 is 0 Å². The Hall–Kier alpha value is -1.09. The van der Waals surface area contributed by atoms with Crippen LogP contribution in [0.25, 0.3) is 0 Å². The third-order valence-corrected chi connectivity index (χ3v) is 2.39. The average molecular weight is 180 g/mol. The molecule has 0 spiro atoms. The zero-order chi connectivity index (χ0) is 9.31. The van der Waals surface area contributed by atoms with Gasteiger partial charge in [-0.25, -0.2) is 0 Å². The van der Waals surface area contributed by atoms with E-state index in [4.69, 9.17) is 9.15 Å². The van der Waals surface area contributed by atoms with E-state index in [0.29, 0.717) is 19.6 Å². The van der Waals surface area contributed by atoms with Crippen LogP contribution in [0.15, 0.2) is 22.8 Å². The fourth-order valence-corrected chi connectivity index (χ4v) is 1.74. The Morgan fingerprint density at radius 3 is 2.77 bits per heavy atom. The summed E-state index contributed by atoms with van der Waals surface area (Å²) in [5.74, 6) is 1.05. The lowest BCUT2D eigenvalue weighted by Gasteiger charge is -2.38. The summed E-state index contributed by atoms with van der Waals surface area (Å²) in [7, 11) is 0. The summed E-state index contributed by atoms with van der Waals surface area (Å²) < 4.78 is 10.5. The van der Waals surface area contributed by atoms with E-state index in [1.54, 1.807) is 13.2 Å². The minimum absolute atomic E-state index is 0.171. The third-order valence-electron chi connectivity index (χ3n) is 2.39. The number of rotatable bonds is 3. The Morgan fingerprint density at radius 2 is 2.38 bits per heavy atom. The van der Waals surface area contributed by atoms with E-state index in [0.717, 1.165) is 5.76 Å². The first-order valence-electron chi connectivity index (χ1n) is 4.34. The summed E-state index contributed by atoms with van der Waals surface area (Å²) in [6.07, 6.45) is 2.15. The SMILES string of the molecule is CC(=O)CC1(c2ccco2)COC1. The normalized spacial score (nSPS) is 19.5. The van der Waals surface area contributed by atoms with Crippen LogP contribution in [0.1, 0.15) is 19.1 Å². The maximum absolute atomic E-state index is 11.1. The van der Waals surface area contributed by atoms with E-state index in [1.807, 2.05) is 12.1 Å². The van der Waals surface area contributed by atoms with E-state index in [-0.39, 0.29) is 11.2 Å². The van der Waals surface area contributed by atoms with Crippen molar-refractivity contribution in [1.29, 1.82) is 0 Å². The molecule has 0 N–H and O–H groups in total. The van der Waals surface area contributed by atoms with Crippen LogP contribution in [0.2, 0.25) is 0 Å². The molecule has 2 rings (SSSR count). The Kier molecular flexibility index (Phi) is 1.96. The maximum atomic E-state index is 11.1. The fraction of sp³-hybridized carbons (Fsp3) is 0.500. The molecule has 0 atom stereocenters. The summed E-state index contributed by atoms with van der Waals surface area (Å²) in [5, 5.41) is 0. The van der Waals surface area contributed by atoms with E-state index in [2.05, 4.69) is 0 Å². The Balaban J connectivity index is 2.20. The van der Waals surface area contributed by atoms with Gasteiger partial charge >= 0.3 is 0 Å². The molecule has 1 aliphatic heterocycles. The lowest BCUT2D eigenvalue weighted by atomic mass is 9.79. The summed E-state index contributed by atoms with van der Waals surface area (Å²) in [4.78, 5) is 11.1. The van der Waals surface area contributed by atoms with Crippen molar-refractivity contribution in [2.45, 2.75) is 18.8 Å². The number of hydrogen-bond acceptors (Lipinski definition) is 3. The summed E-state index contributed by atoms with van der Waals surface area (Å²) in [6.45, 7) is 2.79. The number of carbonyl (C=O) groups excluding carboxylic acids is 1. The number of furan rings is 1. The van der Waals surface area contributed by atoms with Gasteiger partial charge in [0.05, 0.1) is 24.9 Å². The van der Waals surface area contributed by atoms with Crippen LogP contribution in [-0.2, 0) is 14.9 Å². The molecule has 0 saturated carbocycles. The zero-order valence-corrected chi connectivity index (χ0v) is 7.58. The van der Waals surface area contributed by atoms with Gasteiger partial charge in [-0.15, -0.1) is 0 Å². The van der Waals surface area contributed by atoms with Crippen molar-refractivity contribution in [3.63, 3.8) is 0 Å². The standard InChI is InChI=1S/C10H12O3/c1-8(11)5-10(6-12-7-10)9-3-2-4-13-9/h2-4H,5-7H2,1H3. The molecule has 0 radical (unpaired) electrons. The van der Waals surface area contributed by atoms with E-state index in [1.165, 1.54) is 0 Å². The molecular weight excluding hydrogens is 168 g/mol. The summed E-state index contributed by atoms with van der Waals surface area (Å²) >= 11 is 0. The van der Waals surface area contributed by atoms with Crippen molar-refractivity contribution in [3.8, 4) is 0 Å². The van der Waals surface area contributed by atoms with Gasteiger partial charge in [0.2, 0.25) is 0 Å². The highest BCUT2D eigenvalue weighted by molar-refractivity contribution is 5.77. The predicted octanol–water partition coefficient (Wildman–Crippen LogP) is 1.53. The van der Waals surface area contributed by atoms with Gasteiger partial charge in [-0.2, -0.15) is 0 Å². The number of ether oxygens (including phenoxy) is 1. The van der Waals surface area contributed by atoms with E-state index < -0.39 is 0 Å². The Labute approximate surface area is 76.7 Å². The van der Waals surface area contributed by atoms with Gasteiger partial charge in [0.15, 0.2) is 0 Å². The molecule has 0 amide bonds. The second kappa shape index (κ2) is 3.00. The fourth-order valence-electron chi connectivity index (χ4n) is 1.74. The van der Waals surface area contributed by atoms with E-state index in [9.17, 15) is 4.79 Å². The molecule has 1 aliphatic rings. The Bertz CT molecular complexity index is 296. The lowest BCUT2D eigenvalue weighted by Crippen LogP contribution is -2.47. The first-order chi connectivity index (χ1) is 6.23. The number of ketones is 1. The molecule has 13 heavy (non-hydrogen) atoms. The van der Waals surface area contributed by atoms with Gasteiger partial charge in [0, 0.05) is 6.42 Å². The molecule has 1 aromatic rings. The van der Waals surface area contributed by atoms with Crippen LogP contribution >= 0.6 is 0 Å². The molecule has 1 saturated heterocycles. The van der Waals surface area contributed by atoms with Crippen LogP contribution in [0.3, 0.4) is 0 Å². The Morgan fingerprint density at radius 1 is 1.62 bits per heavy atom. The highest BCUT2D eigenvalue weighted by Crippen LogP contribution is 2.36. The molecule has 0 unspecified atom stereocenters. The molecule has 2 heterocycles. The molecule has 3 heteroatoms. The highest BCUT2D eigenvalue weighted by Gasteiger charge is 2.43. The van der Waals surface area contributed by atoms with Crippen molar-refractivity contribution in [1.82, 2.24) is 0 Å². The number of carbonyl (C=O) groups is 1. The second-order valence-electron chi connectivity index (χ2n) is 3.63. The van der Waals surface area contributed by atoms with Gasteiger partial charge in [-0.1, -0.05) is 0 Å². The molecule has 1 aromatic heterocycles. The smallest absolute Gasteiger partial charge is 0.131 e.